The molecule has 0 saturated carbocycles. The minimum absolute atomic E-state index is 0.0939. The van der Waals surface area contributed by atoms with E-state index in [0.717, 1.165) is 5.57 Å². The molecule has 0 fully saturated rings. The average molecular weight is 459 g/mol. The summed E-state index contributed by atoms with van der Waals surface area (Å²) in [7, 11) is 1.51. The second-order valence-electron chi connectivity index (χ2n) is 9.43. The van der Waals surface area contributed by atoms with Gasteiger partial charge in [0.1, 0.15) is 11.4 Å². The van der Waals surface area contributed by atoms with E-state index in [0.29, 0.717) is 45.2 Å². The lowest BCUT2D eigenvalue weighted by atomic mass is 9.91. The topological polar surface area (TPSA) is 82.8 Å². The number of H-pyrrole nitrogens is 1. The Morgan fingerprint density at radius 2 is 2.00 bits per heavy atom. The third kappa shape index (κ3) is 3.21. The monoisotopic (exact) mass is 458 g/mol. The van der Waals surface area contributed by atoms with Crippen molar-refractivity contribution in [2.75, 3.05) is 7.11 Å². The van der Waals surface area contributed by atoms with Crippen molar-refractivity contribution in [3.63, 3.8) is 0 Å². The highest BCUT2D eigenvalue weighted by Gasteiger charge is 2.27. The lowest BCUT2D eigenvalue weighted by molar-refractivity contribution is 0.409. The zero-order valence-electron chi connectivity index (χ0n) is 19.9. The van der Waals surface area contributed by atoms with E-state index >= 15 is 4.39 Å². The number of aromatic nitrogens is 2. The van der Waals surface area contributed by atoms with Crippen LogP contribution >= 0.6 is 0 Å². The first kappa shape index (κ1) is 22.2. The van der Waals surface area contributed by atoms with Gasteiger partial charge in [-0.3, -0.25) is 4.79 Å². The quantitative estimate of drug-likeness (QED) is 0.431. The van der Waals surface area contributed by atoms with Gasteiger partial charge in [-0.15, -0.1) is 0 Å². The predicted molar refractivity (Wildman–Crippen MR) is 134 cm³/mol. The van der Waals surface area contributed by atoms with Gasteiger partial charge in [0.15, 0.2) is 11.2 Å². The summed E-state index contributed by atoms with van der Waals surface area (Å²) in [5.74, 6) is -0.0955. The minimum Gasteiger partial charge on any atom is -0.496 e. The van der Waals surface area contributed by atoms with E-state index in [9.17, 15) is 10.1 Å². The van der Waals surface area contributed by atoms with Gasteiger partial charge in [0.05, 0.1) is 40.6 Å². The summed E-state index contributed by atoms with van der Waals surface area (Å²) in [4.78, 5) is 17.1. The number of benzene rings is 2. The lowest BCUT2D eigenvalue weighted by Crippen LogP contribution is -2.37. The molecule has 1 aliphatic heterocycles. The summed E-state index contributed by atoms with van der Waals surface area (Å²) < 4.78 is 24.0. The largest absolute Gasteiger partial charge is 0.496 e. The van der Waals surface area contributed by atoms with Gasteiger partial charge in [0, 0.05) is 29.0 Å². The predicted octanol–water partition coefficient (Wildman–Crippen LogP) is 5.39. The Kier molecular flexibility index (Phi) is 5.22. The van der Waals surface area contributed by atoms with Crippen LogP contribution in [-0.2, 0) is 0 Å². The molecule has 7 heteroatoms. The Labute approximate surface area is 196 Å². The molecule has 0 aliphatic carbocycles. The number of methoxy groups -OCH3 is 1. The highest BCUT2D eigenvalue weighted by atomic mass is 19.1. The molecule has 0 spiro atoms. The number of hydrogen-bond donors (Lipinski definition) is 2. The molecule has 2 aromatic carbocycles. The van der Waals surface area contributed by atoms with E-state index in [1.807, 2.05) is 31.4 Å². The fourth-order valence-corrected chi connectivity index (χ4v) is 5.35. The first-order valence-corrected chi connectivity index (χ1v) is 11.5. The van der Waals surface area contributed by atoms with Crippen LogP contribution in [0.15, 0.2) is 35.1 Å². The molecule has 1 aliphatic rings. The molecular weight excluding hydrogens is 431 g/mol. The lowest BCUT2D eigenvalue weighted by Gasteiger charge is -2.28. The zero-order valence-corrected chi connectivity index (χ0v) is 19.9. The number of halogens is 1. The van der Waals surface area contributed by atoms with Crippen molar-refractivity contribution >= 4 is 38.4 Å². The minimum atomic E-state index is -0.453. The summed E-state index contributed by atoms with van der Waals surface area (Å²) in [6, 6.07) is 9.13. The van der Waals surface area contributed by atoms with E-state index in [1.165, 1.54) is 7.11 Å². The molecule has 0 bridgehead atoms. The zero-order chi connectivity index (χ0) is 24.3. The summed E-state index contributed by atoms with van der Waals surface area (Å²) in [6.07, 6.45) is 2.68. The molecule has 0 saturated heterocycles. The first-order valence-electron chi connectivity index (χ1n) is 11.5. The summed E-state index contributed by atoms with van der Waals surface area (Å²) in [6.45, 7) is 8.04. The Balaban J connectivity index is 1.97. The van der Waals surface area contributed by atoms with Crippen LogP contribution in [0.25, 0.3) is 38.4 Å². The molecule has 5 rings (SSSR count). The molecule has 2 atom stereocenters. The van der Waals surface area contributed by atoms with Crippen molar-refractivity contribution in [2.24, 2.45) is 0 Å². The second kappa shape index (κ2) is 8.00. The fourth-order valence-electron chi connectivity index (χ4n) is 5.35. The van der Waals surface area contributed by atoms with Crippen molar-refractivity contribution in [1.29, 1.82) is 5.26 Å². The number of aromatic amines is 1. The number of nitriles is 1. The molecule has 2 N–H and O–H groups in total. The van der Waals surface area contributed by atoms with Crippen LogP contribution in [0, 0.1) is 17.1 Å². The van der Waals surface area contributed by atoms with Gasteiger partial charge in [-0.25, -0.2) is 4.39 Å². The van der Waals surface area contributed by atoms with E-state index in [-0.39, 0.29) is 34.5 Å². The van der Waals surface area contributed by atoms with E-state index < -0.39 is 5.82 Å². The van der Waals surface area contributed by atoms with E-state index in [2.05, 4.69) is 23.3 Å². The van der Waals surface area contributed by atoms with Crippen molar-refractivity contribution in [3.8, 4) is 11.8 Å². The van der Waals surface area contributed by atoms with Crippen LogP contribution in [0.3, 0.4) is 0 Å². The number of ether oxygens (including phenoxy) is 1. The van der Waals surface area contributed by atoms with Crippen molar-refractivity contribution in [3.05, 3.63) is 57.5 Å². The normalized spacial score (nSPS) is 18.6. The van der Waals surface area contributed by atoms with Crippen molar-refractivity contribution in [2.45, 2.75) is 52.2 Å². The number of rotatable bonds is 3. The van der Waals surface area contributed by atoms with E-state index in [4.69, 9.17) is 4.74 Å². The molecule has 2 unspecified atom stereocenters. The van der Waals surface area contributed by atoms with Gasteiger partial charge >= 0.3 is 0 Å². The molecule has 0 radical (unpaired) electrons. The number of hydrogen-bond acceptors (Lipinski definition) is 4. The van der Waals surface area contributed by atoms with Gasteiger partial charge in [-0.05, 0) is 57.9 Å². The Hall–Kier alpha value is -3.63. The molecule has 4 aromatic rings. The SMILES string of the molecule is COc1cc2c(=O)c3c4ccc(C#N)cc4[nH]c3n(C(C)C)c2c(F)c1C1=CC(C)NC(C)C1. The van der Waals surface area contributed by atoms with Gasteiger partial charge in [0.2, 0.25) is 0 Å². The summed E-state index contributed by atoms with van der Waals surface area (Å²) in [5.41, 5.74) is 2.99. The maximum atomic E-state index is 16.5. The summed E-state index contributed by atoms with van der Waals surface area (Å²) >= 11 is 0. The van der Waals surface area contributed by atoms with Crippen LogP contribution in [-0.4, -0.2) is 28.7 Å². The molecule has 6 nitrogen and oxygen atoms in total. The van der Waals surface area contributed by atoms with Gasteiger partial charge < -0.3 is 19.6 Å². The fraction of sp³-hybridized carbons (Fsp3) is 0.333. The molecular formula is C27H27FN4O2. The Bertz CT molecular complexity index is 1600. The smallest absolute Gasteiger partial charge is 0.199 e. The third-order valence-electron chi connectivity index (χ3n) is 6.65. The average Bonchev–Trinajstić information content (AvgIpc) is 3.16. The molecule has 174 valence electrons. The first-order chi connectivity index (χ1) is 16.2. The van der Waals surface area contributed by atoms with Crippen molar-refractivity contribution in [1.82, 2.24) is 14.9 Å². The van der Waals surface area contributed by atoms with Crippen molar-refractivity contribution < 1.29 is 9.13 Å². The van der Waals surface area contributed by atoms with Crippen LogP contribution in [0.2, 0.25) is 0 Å². The second-order valence-corrected chi connectivity index (χ2v) is 9.43. The highest BCUT2D eigenvalue weighted by Crippen LogP contribution is 2.39. The standard InChI is InChI=1S/C27H27FN4O2/c1-13(2)32-25-19(26(33)23-18-7-6-16(12-29)10-20(18)31-27(23)32)11-21(34-5)22(24(25)28)17-8-14(3)30-15(4)9-17/h6-8,10-11,13-15,30-31H,9H2,1-5H3. The van der Waals surface area contributed by atoms with Gasteiger partial charge in [-0.1, -0.05) is 12.1 Å². The number of pyridine rings is 1. The van der Waals surface area contributed by atoms with Gasteiger partial charge in [-0.2, -0.15) is 5.26 Å². The third-order valence-corrected chi connectivity index (χ3v) is 6.65. The maximum Gasteiger partial charge on any atom is 0.199 e. The van der Waals surface area contributed by atoms with Crippen LogP contribution in [0.1, 0.15) is 51.3 Å². The van der Waals surface area contributed by atoms with Crippen LogP contribution < -0.4 is 15.5 Å². The number of nitrogens with zero attached hydrogens (tertiary/aromatic N) is 2. The van der Waals surface area contributed by atoms with E-state index in [1.54, 1.807) is 24.3 Å². The molecule has 34 heavy (non-hydrogen) atoms. The van der Waals surface area contributed by atoms with Crippen LogP contribution in [0.4, 0.5) is 4.39 Å². The highest BCUT2D eigenvalue weighted by molar-refractivity contribution is 6.10. The molecule has 2 aromatic heterocycles. The summed E-state index contributed by atoms with van der Waals surface area (Å²) in [5, 5.41) is 14.2. The maximum absolute atomic E-state index is 16.5. The molecule has 0 amide bonds. The molecule has 3 heterocycles. The van der Waals surface area contributed by atoms with Crippen LogP contribution in [0.5, 0.6) is 5.75 Å². The van der Waals surface area contributed by atoms with Gasteiger partial charge in [0.25, 0.3) is 0 Å². The number of nitrogens with one attached hydrogen (secondary N) is 2. The Morgan fingerprint density at radius 1 is 1.24 bits per heavy atom. The number of fused-ring (bicyclic) bond motifs is 4. The Morgan fingerprint density at radius 3 is 2.65 bits per heavy atom.